The second kappa shape index (κ2) is 7.61. The van der Waals surface area contributed by atoms with Gasteiger partial charge in [0.05, 0.1) is 6.21 Å². The van der Waals surface area contributed by atoms with Gasteiger partial charge in [0.1, 0.15) is 11.5 Å². The van der Waals surface area contributed by atoms with Crippen LogP contribution in [0.5, 0.6) is 11.5 Å². The summed E-state index contributed by atoms with van der Waals surface area (Å²) >= 11 is 3.30. The van der Waals surface area contributed by atoms with Crippen molar-refractivity contribution in [2.45, 2.75) is 13.0 Å². The van der Waals surface area contributed by atoms with Gasteiger partial charge in [-0.2, -0.15) is 5.10 Å². The highest BCUT2D eigenvalue weighted by atomic mass is 79.9. The van der Waals surface area contributed by atoms with Gasteiger partial charge in [-0.05, 0) is 37.3 Å². The first-order valence-corrected chi connectivity index (χ1v) is 7.38. The van der Waals surface area contributed by atoms with Crippen molar-refractivity contribution in [2.75, 3.05) is 0 Å². The third kappa shape index (κ3) is 4.60. The summed E-state index contributed by atoms with van der Waals surface area (Å²) in [6.45, 7) is 1.63. The number of ether oxygens (including phenoxy) is 1. The van der Waals surface area contributed by atoms with Crippen molar-refractivity contribution in [3.8, 4) is 11.5 Å². The molecule has 6 heteroatoms. The van der Waals surface area contributed by atoms with Crippen molar-refractivity contribution in [2.24, 2.45) is 5.10 Å². The molecule has 5 nitrogen and oxygen atoms in total. The number of rotatable bonds is 5. The molecule has 1 amide bonds. The van der Waals surface area contributed by atoms with Crippen molar-refractivity contribution in [3.05, 3.63) is 58.6 Å². The molecule has 0 aliphatic rings. The molecule has 0 aliphatic carbocycles. The molecule has 0 spiro atoms. The van der Waals surface area contributed by atoms with Gasteiger partial charge in [0.25, 0.3) is 5.91 Å². The molecule has 0 saturated heterocycles. The van der Waals surface area contributed by atoms with Crippen molar-refractivity contribution in [1.82, 2.24) is 5.43 Å². The number of para-hydroxylation sites is 1. The number of phenols is 1. The number of hydrogen-bond donors (Lipinski definition) is 2. The van der Waals surface area contributed by atoms with Crippen molar-refractivity contribution in [3.63, 3.8) is 0 Å². The van der Waals surface area contributed by atoms with Crippen LogP contribution in [0.2, 0.25) is 0 Å². The van der Waals surface area contributed by atoms with Crippen molar-refractivity contribution >= 4 is 28.1 Å². The average molecular weight is 363 g/mol. The third-order valence-electron chi connectivity index (χ3n) is 2.79. The lowest BCUT2D eigenvalue weighted by Crippen LogP contribution is -2.33. The number of benzene rings is 2. The quantitative estimate of drug-likeness (QED) is 0.634. The predicted molar refractivity (Wildman–Crippen MR) is 88.1 cm³/mol. The van der Waals surface area contributed by atoms with Crippen LogP contribution in [-0.4, -0.2) is 23.3 Å². The molecule has 2 aromatic carbocycles. The van der Waals surface area contributed by atoms with Crippen LogP contribution in [0.25, 0.3) is 0 Å². The Balaban J connectivity index is 1.91. The van der Waals surface area contributed by atoms with Crippen molar-refractivity contribution < 1.29 is 14.6 Å². The highest BCUT2D eigenvalue weighted by molar-refractivity contribution is 9.10. The summed E-state index contributed by atoms with van der Waals surface area (Å²) in [4.78, 5) is 11.9. The second-order valence-corrected chi connectivity index (χ2v) is 5.43. The normalized spacial score (nSPS) is 12.1. The van der Waals surface area contributed by atoms with Gasteiger partial charge in [0.2, 0.25) is 0 Å². The monoisotopic (exact) mass is 362 g/mol. The van der Waals surface area contributed by atoms with E-state index in [-0.39, 0.29) is 11.7 Å². The lowest BCUT2D eigenvalue weighted by molar-refractivity contribution is -0.127. The predicted octanol–water partition coefficient (Wildman–Crippen LogP) is 3.07. The maximum Gasteiger partial charge on any atom is 0.280 e. The molecular weight excluding hydrogens is 348 g/mol. The molecule has 0 saturated carbocycles. The number of carbonyl (C=O) groups is 1. The Bertz CT molecular complexity index is 674. The molecule has 0 unspecified atom stereocenters. The van der Waals surface area contributed by atoms with E-state index in [1.165, 1.54) is 12.3 Å². The van der Waals surface area contributed by atoms with Crippen LogP contribution in [0, 0.1) is 0 Å². The highest BCUT2D eigenvalue weighted by Gasteiger charge is 2.13. The maximum atomic E-state index is 11.9. The fourth-order valence-electron chi connectivity index (χ4n) is 1.64. The van der Waals surface area contributed by atoms with Gasteiger partial charge in [0.15, 0.2) is 6.10 Å². The molecule has 0 heterocycles. The Hall–Kier alpha value is -2.34. The Morgan fingerprint density at radius 3 is 2.77 bits per heavy atom. The van der Waals surface area contributed by atoms with Gasteiger partial charge in [-0.3, -0.25) is 4.79 Å². The number of nitrogens with zero attached hydrogens (tertiary/aromatic N) is 1. The first kappa shape index (κ1) is 16.0. The van der Waals surface area contributed by atoms with Gasteiger partial charge >= 0.3 is 0 Å². The maximum absolute atomic E-state index is 11.9. The highest BCUT2D eigenvalue weighted by Crippen LogP contribution is 2.19. The molecule has 2 aromatic rings. The number of amides is 1. The number of carbonyl (C=O) groups excluding carboxylic acids is 1. The summed E-state index contributed by atoms with van der Waals surface area (Å²) in [7, 11) is 0. The van der Waals surface area contributed by atoms with Crippen molar-refractivity contribution in [1.29, 1.82) is 0 Å². The minimum absolute atomic E-state index is 0.0785. The van der Waals surface area contributed by atoms with Gasteiger partial charge in [-0.25, -0.2) is 5.43 Å². The number of hydrazone groups is 1. The van der Waals surface area contributed by atoms with Crippen LogP contribution in [0.4, 0.5) is 0 Å². The molecule has 1 atom stereocenters. The van der Waals surface area contributed by atoms with E-state index in [4.69, 9.17) is 4.74 Å². The topological polar surface area (TPSA) is 70.9 Å². The van der Waals surface area contributed by atoms with E-state index in [1.54, 1.807) is 31.2 Å². The number of aromatic hydroxyl groups is 1. The molecule has 0 radical (unpaired) electrons. The smallest absolute Gasteiger partial charge is 0.280 e. The number of nitrogens with one attached hydrogen (secondary N) is 1. The van der Waals surface area contributed by atoms with Crippen LogP contribution in [0.3, 0.4) is 0 Å². The standard InChI is InChI=1S/C16H15BrN2O3/c1-11(22-14-5-3-2-4-6-14)16(21)19-18-10-12-9-13(17)7-8-15(12)20/h2-11,20H,1H3,(H,19,21)/b18-10+/t11-/m0/s1. The van der Waals surface area contributed by atoms with Crippen LogP contribution in [-0.2, 0) is 4.79 Å². The minimum atomic E-state index is -0.685. The number of phenolic OH excluding ortho intramolecular Hbond substituents is 1. The zero-order valence-electron chi connectivity index (χ0n) is 11.9. The Morgan fingerprint density at radius 1 is 1.32 bits per heavy atom. The fraction of sp³-hybridized carbons (Fsp3) is 0.125. The Morgan fingerprint density at radius 2 is 2.05 bits per heavy atom. The molecule has 2 N–H and O–H groups in total. The van der Waals surface area contributed by atoms with Crippen LogP contribution >= 0.6 is 15.9 Å². The van der Waals surface area contributed by atoms with E-state index >= 15 is 0 Å². The summed E-state index contributed by atoms with van der Waals surface area (Å²) in [5.41, 5.74) is 2.87. The largest absolute Gasteiger partial charge is 0.507 e. The number of hydrogen-bond acceptors (Lipinski definition) is 4. The van der Waals surface area contributed by atoms with E-state index in [0.717, 1.165) is 4.47 Å². The zero-order chi connectivity index (χ0) is 15.9. The summed E-state index contributed by atoms with van der Waals surface area (Å²) in [6.07, 6.45) is 0.684. The van der Waals surface area contributed by atoms with Gasteiger partial charge < -0.3 is 9.84 Å². The average Bonchev–Trinajstić information content (AvgIpc) is 2.51. The Kier molecular flexibility index (Phi) is 5.55. The van der Waals surface area contributed by atoms with Crippen LogP contribution in [0.15, 0.2) is 58.1 Å². The molecule has 0 fully saturated rings. The van der Waals surface area contributed by atoms with Gasteiger partial charge in [-0.15, -0.1) is 0 Å². The van der Waals surface area contributed by atoms with E-state index in [9.17, 15) is 9.90 Å². The molecule has 0 aliphatic heterocycles. The molecule has 22 heavy (non-hydrogen) atoms. The molecule has 2 rings (SSSR count). The van der Waals surface area contributed by atoms with E-state index in [2.05, 4.69) is 26.5 Å². The fourth-order valence-corrected chi connectivity index (χ4v) is 2.02. The second-order valence-electron chi connectivity index (χ2n) is 4.51. The first-order valence-electron chi connectivity index (χ1n) is 6.59. The minimum Gasteiger partial charge on any atom is -0.507 e. The molecule has 0 bridgehead atoms. The van der Waals surface area contributed by atoms with E-state index in [0.29, 0.717) is 11.3 Å². The zero-order valence-corrected chi connectivity index (χ0v) is 13.4. The van der Waals surface area contributed by atoms with Gasteiger partial charge in [-0.1, -0.05) is 34.1 Å². The van der Waals surface area contributed by atoms with Gasteiger partial charge in [0, 0.05) is 10.0 Å². The summed E-state index contributed by atoms with van der Waals surface area (Å²) in [6, 6.07) is 14.0. The van der Waals surface area contributed by atoms with E-state index in [1.807, 2.05) is 18.2 Å². The SMILES string of the molecule is C[C@H](Oc1ccccc1)C(=O)N/N=C/c1cc(Br)ccc1O. The lowest BCUT2D eigenvalue weighted by Gasteiger charge is -2.12. The van der Waals surface area contributed by atoms with Crippen LogP contribution < -0.4 is 10.2 Å². The summed E-state index contributed by atoms with van der Waals surface area (Å²) in [5.74, 6) is 0.308. The first-order chi connectivity index (χ1) is 10.6. The summed E-state index contributed by atoms with van der Waals surface area (Å²) < 4.78 is 6.28. The van der Waals surface area contributed by atoms with Crippen LogP contribution in [0.1, 0.15) is 12.5 Å². The lowest BCUT2D eigenvalue weighted by atomic mass is 10.2. The number of halogens is 1. The molecular formula is C16H15BrN2O3. The van der Waals surface area contributed by atoms with E-state index < -0.39 is 6.10 Å². The summed E-state index contributed by atoms with van der Waals surface area (Å²) in [5, 5.41) is 13.5. The molecule has 114 valence electrons. The Labute approximate surface area is 136 Å². The molecule has 0 aromatic heterocycles. The third-order valence-corrected chi connectivity index (χ3v) is 3.29.